The first-order valence-electron chi connectivity index (χ1n) is 9.34. The zero-order valence-electron chi connectivity index (χ0n) is 15.9. The van der Waals surface area contributed by atoms with Crippen LogP contribution in [0.15, 0.2) is 4.99 Å². The van der Waals surface area contributed by atoms with Gasteiger partial charge in [-0.25, -0.2) is 4.99 Å². The van der Waals surface area contributed by atoms with E-state index in [1.807, 2.05) is 0 Å². The molecular weight excluding hydrogens is 320 g/mol. The van der Waals surface area contributed by atoms with Crippen molar-refractivity contribution in [3.63, 3.8) is 0 Å². The van der Waals surface area contributed by atoms with Crippen molar-refractivity contribution in [2.75, 3.05) is 47.0 Å². The predicted octanol–water partition coefficient (Wildman–Crippen LogP) is 0.460. The fourth-order valence-corrected chi connectivity index (χ4v) is 4.19. The third-order valence-electron chi connectivity index (χ3n) is 5.85. The first kappa shape index (κ1) is 18.5. The van der Waals surface area contributed by atoms with Crippen LogP contribution < -0.4 is 10.6 Å². The Kier molecular flexibility index (Phi) is 5.53. The minimum absolute atomic E-state index is 0.000227. The van der Waals surface area contributed by atoms with E-state index in [0.717, 1.165) is 45.2 Å². The molecule has 2 heterocycles. The van der Waals surface area contributed by atoms with Gasteiger partial charge in [0.1, 0.15) is 6.54 Å². The van der Waals surface area contributed by atoms with E-state index in [0.29, 0.717) is 24.0 Å². The molecule has 2 saturated heterocycles. The predicted molar refractivity (Wildman–Crippen MR) is 96.5 cm³/mol. The minimum Gasteiger partial charge on any atom is -0.381 e. The molecule has 0 aromatic carbocycles. The number of amides is 1. The van der Waals surface area contributed by atoms with Crippen LogP contribution in [0.2, 0.25) is 0 Å². The molecule has 0 bridgehead atoms. The van der Waals surface area contributed by atoms with E-state index in [9.17, 15) is 4.79 Å². The fraction of sp³-hybridized carbons (Fsp3) is 0.889. The molecule has 3 aliphatic rings. The highest BCUT2D eigenvalue weighted by molar-refractivity contribution is 5.85. The Morgan fingerprint density at radius 3 is 2.76 bits per heavy atom. The molecule has 1 aliphatic carbocycles. The number of hydrogen-bond acceptors (Lipinski definition) is 4. The van der Waals surface area contributed by atoms with Gasteiger partial charge in [-0.05, 0) is 12.8 Å². The van der Waals surface area contributed by atoms with Crippen LogP contribution in [-0.4, -0.2) is 75.9 Å². The quantitative estimate of drug-likeness (QED) is 0.555. The van der Waals surface area contributed by atoms with Crippen molar-refractivity contribution in [1.29, 1.82) is 0 Å². The molecule has 0 radical (unpaired) electrons. The van der Waals surface area contributed by atoms with Gasteiger partial charge in [0.15, 0.2) is 5.96 Å². The number of rotatable bonds is 5. The van der Waals surface area contributed by atoms with Crippen molar-refractivity contribution in [2.45, 2.75) is 38.8 Å². The van der Waals surface area contributed by atoms with Gasteiger partial charge in [0.25, 0.3) is 0 Å². The average Bonchev–Trinajstić information content (AvgIpc) is 3.23. The number of hydrogen-bond donors (Lipinski definition) is 2. The van der Waals surface area contributed by atoms with Crippen molar-refractivity contribution in [2.24, 2.45) is 22.2 Å². The lowest BCUT2D eigenvalue weighted by molar-refractivity contribution is -0.127. The van der Waals surface area contributed by atoms with Crippen molar-refractivity contribution < 1.29 is 14.3 Å². The van der Waals surface area contributed by atoms with Gasteiger partial charge in [0.05, 0.1) is 12.7 Å². The molecule has 2 N–H and O–H groups in total. The van der Waals surface area contributed by atoms with Crippen molar-refractivity contribution in [3.8, 4) is 0 Å². The average molecular weight is 352 g/mol. The molecule has 25 heavy (non-hydrogen) atoms. The lowest BCUT2D eigenvalue weighted by Gasteiger charge is -2.55. The highest BCUT2D eigenvalue weighted by Gasteiger charge is 2.59. The van der Waals surface area contributed by atoms with Crippen molar-refractivity contribution >= 4 is 11.9 Å². The highest BCUT2D eigenvalue weighted by atomic mass is 16.5. The maximum Gasteiger partial charge on any atom is 0.243 e. The summed E-state index contributed by atoms with van der Waals surface area (Å²) in [7, 11) is 3.51. The van der Waals surface area contributed by atoms with Gasteiger partial charge < -0.3 is 25.0 Å². The number of aliphatic imine (C=N–C) groups is 1. The summed E-state index contributed by atoms with van der Waals surface area (Å²) in [5, 5.41) is 7.00. The molecule has 4 atom stereocenters. The van der Waals surface area contributed by atoms with Gasteiger partial charge in [0, 0.05) is 57.1 Å². The smallest absolute Gasteiger partial charge is 0.243 e. The van der Waals surface area contributed by atoms with Gasteiger partial charge in [-0.3, -0.25) is 4.79 Å². The van der Waals surface area contributed by atoms with E-state index in [2.05, 4.69) is 29.5 Å². The Bertz CT molecular complexity index is 514. The fourth-order valence-electron chi connectivity index (χ4n) is 4.19. The summed E-state index contributed by atoms with van der Waals surface area (Å²) in [5.74, 6) is 1.76. The second kappa shape index (κ2) is 7.50. The van der Waals surface area contributed by atoms with Crippen LogP contribution in [0.25, 0.3) is 0 Å². The first-order chi connectivity index (χ1) is 11.9. The Morgan fingerprint density at radius 1 is 1.28 bits per heavy atom. The second-order valence-corrected chi connectivity index (χ2v) is 8.25. The molecule has 2 aliphatic heterocycles. The normalized spacial score (nSPS) is 33.5. The van der Waals surface area contributed by atoms with E-state index in [-0.39, 0.29) is 17.9 Å². The van der Waals surface area contributed by atoms with Crippen LogP contribution in [-0.2, 0) is 14.3 Å². The van der Waals surface area contributed by atoms with E-state index in [1.165, 1.54) is 0 Å². The largest absolute Gasteiger partial charge is 0.381 e. The number of carbonyl (C=O) groups excluding carboxylic acids is 1. The molecule has 4 unspecified atom stereocenters. The second-order valence-electron chi connectivity index (χ2n) is 8.25. The van der Waals surface area contributed by atoms with Crippen LogP contribution in [0.5, 0.6) is 0 Å². The summed E-state index contributed by atoms with van der Waals surface area (Å²) in [6.07, 6.45) is 2.49. The third-order valence-corrected chi connectivity index (χ3v) is 5.85. The number of fused-ring (bicyclic) bond motifs is 1. The maximum absolute atomic E-state index is 11.9. The third kappa shape index (κ3) is 3.92. The molecule has 1 saturated carbocycles. The van der Waals surface area contributed by atoms with Crippen LogP contribution >= 0.6 is 0 Å². The Labute approximate surface area is 150 Å². The van der Waals surface area contributed by atoms with Gasteiger partial charge in [-0.2, -0.15) is 0 Å². The lowest BCUT2D eigenvalue weighted by atomic mass is 9.57. The first-order valence-corrected chi connectivity index (χ1v) is 9.34. The summed E-state index contributed by atoms with van der Waals surface area (Å²) in [5.41, 5.74) is 0.0750. The van der Waals surface area contributed by atoms with E-state index in [1.54, 1.807) is 19.0 Å². The standard InChI is InChI=1S/C18H32N4O3/c1-18(2)15(13-6-8-25-16(13)18)21-17(20-10-14(23)22(3)4)19-9-12-5-7-24-11-12/h12-13,15-16H,5-11H2,1-4H3,(H2,19,20,21). The molecular formula is C18H32N4O3. The number of ether oxygens (including phenoxy) is 2. The topological polar surface area (TPSA) is 75.2 Å². The van der Waals surface area contributed by atoms with Gasteiger partial charge in [-0.15, -0.1) is 0 Å². The van der Waals surface area contributed by atoms with Crippen LogP contribution in [0.4, 0.5) is 0 Å². The zero-order valence-corrected chi connectivity index (χ0v) is 15.9. The van der Waals surface area contributed by atoms with Crippen molar-refractivity contribution in [3.05, 3.63) is 0 Å². The lowest BCUT2D eigenvalue weighted by Crippen LogP contribution is -2.68. The summed E-state index contributed by atoms with van der Waals surface area (Å²) in [6.45, 7) is 7.93. The maximum atomic E-state index is 11.9. The molecule has 3 fully saturated rings. The number of carbonyl (C=O) groups is 1. The van der Waals surface area contributed by atoms with Gasteiger partial charge >= 0.3 is 0 Å². The number of likely N-dealkylation sites (N-methyl/N-ethyl adjacent to an activating group) is 1. The molecule has 3 rings (SSSR count). The van der Waals surface area contributed by atoms with E-state index >= 15 is 0 Å². The monoisotopic (exact) mass is 352 g/mol. The SMILES string of the molecule is CN(C)C(=O)CN=C(NCC1CCOC1)NC1C2CCOC2C1(C)C. The molecule has 0 aromatic rings. The number of nitrogens with zero attached hydrogens (tertiary/aromatic N) is 2. The van der Waals surface area contributed by atoms with Crippen LogP contribution in [0, 0.1) is 17.3 Å². The molecule has 0 aromatic heterocycles. The molecule has 142 valence electrons. The van der Waals surface area contributed by atoms with E-state index in [4.69, 9.17) is 9.47 Å². The van der Waals surface area contributed by atoms with Crippen molar-refractivity contribution in [1.82, 2.24) is 15.5 Å². The number of guanidine groups is 1. The minimum atomic E-state index is 0.000227. The van der Waals surface area contributed by atoms with Gasteiger partial charge in [0.2, 0.25) is 5.91 Å². The van der Waals surface area contributed by atoms with Crippen LogP contribution in [0.1, 0.15) is 26.7 Å². The molecule has 7 nitrogen and oxygen atoms in total. The summed E-state index contributed by atoms with van der Waals surface area (Å²) in [6, 6.07) is 0.320. The zero-order chi connectivity index (χ0) is 18.0. The van der Waals surface area contributed by atoms with E-state index < -0.39 is 0 Å². The summed E-state index contributed by atoms with van der Waals surface area (Å²) < 4.78 is 11.3. The summed E-state index contributed by atoms with van der Waals surface area (Å²) in [4.78, 5) is 18.0. The molecule has 0 spiro atoms. The molecule has 1 amide bonds. The summed E-state index contributed by atoms with van der Waals surface area (Å²) >= 11 is 0. The van der Waals surface area contributed by atoms with Gasteiger partial charge in [-0.1, -0.05) is 13.8 Å². The Morgan fingerprint density at radius 2 is 2.08 bits per heavy atom. The number of nitrogens with one attached hydrogen (secondary N) is 2. The Balaban J connectivity index is 1.62. The highest BCUT2D eigenvalue weighted by Crippen LogP contribution is 2.52. The van der Waals surface area contributed by atoms with Crippen LogP contribution in [0.3, 0.4) is 0 Å². The Hall–Kier alpha value is -1.34. The molecule has 7 heteroatoms.